The molecule has 0 spiro atoms. The number of nitrogen functional groups attached to an aromatic ring is 1. The van der Waals surface area contributed by atoms with Gasteiger partial charge in [0.15, 0.2) is 17.7 Å². The molecule has 1 aliphatic rings. The van der Waals surface area contributed by atoms with Crippen LogP contribution in [0.2, 0.25) is 0 Å². The molecule has 0 radical (unpaired) electrons. The molecule has 0 saturated carbocycles. The molecule has 10 heteroatoms. The van der Waals surface area contributed by atoms with E-state index in [9.17, 15) is 15.0 Å². The summed E-state index contributed by atoms with van der Waals surface area (Å²) in [7, 11) is 0. The van der Waals surface area contributed by atoms with Crippen LogP contribution in [0, 0.1) is 0 Å². The maximum Gasteiger partial charge on any atom is 0.293 e. The maximum absolute atomic E-state index is 10.2. The van der Waals surface area contributed by atoms with Gasteiger partial charge in [-0.05, 0) is 0 Å². The lowest BCUT2D eigenvalue weighted by molar-refractivity contribution is -0.135. The van der Waals surface area contributed by atoms with E-state index in [4.69, 9.17) is 10.5 Å². The third kappa shape index (κ3) is 2.18. The molecule has 2 aromatic heterocycles. The van der Waals surface area contributed by atoms with Gasteiger partial charge in [-0.15, -0.1) is 0 Å². The Labute approximate surface area is 118 Å². The Morgan fingerprint density at radius 3 is 2.95 bits per heavy atom. The van der Waals surface area contributed by atoms with Crippen LogP contribution < -0.4 is 5.73 Å². The molecular formula is C11H13N5O5. The van der Waals surface area contributed by atoms with Gasteiger partial charge >= 0.3 is 0 Å². The van der Waals surface area contributed by atoms with Crippen molar-refractivity contribution in [1.82, 2.24) is 19.5 Å². The summed E-state index contributed by atoms with van der Waals surface area (Å²) in [6, 6.07) is 0. The van der Waals surface area contributed by atoms with E-state index in [-0.39, 0.29) is 18.9 Å². The summed E-state index contributed by atoms with van der Waals surface area (Å²) in [5.41, 5.74) is 6.43. The Morgan fingerprint density at radius 1 is 1.38 bits per heavy atom. The summed E-state index contributed by atoms with van der Waals surface area (Å²) < 4.78 is 11.5. The first-order chi connectivity index (χ1) is 10.1. The number of ether oxygens (including phenoxy) is 2. The molecule has 0 aromatic carbocycles. The van der Waals surface area contributed by atoms with E-state index in [1.54, 1.807) is 0 Å². The summed E-state index contributed by atoms with van der Waals surface area (Å²) in [5, 5.41) is 20.0. The molecule has 0 unspecified atom stereocenters. The number of aliphatic hydroxyl groups excluding tert-OH is 2. The predicted molar refractivity (Wildman–Crippen MR) is 67.7 cm³/mol. The molecule has 21 heavy (non-hydrogen) atoms. The van der Waals surface area contributed by atoms with E-state index in [0.29, 0.717) is 11.2 Å². The SMILES string of the molecule is Nc1ncnc2c1ncn2[C@@H]1O[C@H](COC=O)[C@@H](O)[C@@H]1O. The number of nitrogens with two attached hydrogens (primary N) is 1. The van der Waals surface area contributed by atoms with E-state index in [0.717, 1.165) is 0 Å². The van der Waals surface area contributed by atoms with Crippen molar-refractivity contribution in [1.29, 1.82) is 0 Å². The van der Waals surface area contributed by atoms with Crippen LogP contribution in [0.5, 0.6) is 0 Å². The molecule has 112 valence electrons. The minimum atomic E-state index is -1.22. The lowest BCUT2D eigenvalue weighted by Crippen LogP contribution is -2.33. The van der Waals surface area contributed by atoms with Crippen molar-refractivity contribution in [2.45, 2.75) is 24.5 Å². The van der Waals surface area contributed by atoms with Crippen molar-refractivity contribution in [2.24, 2.45) is 0 Å². The topological polar surface area (TPSA) is 146 Å². The number of hydrogen-bond acceptors (Lipinski definition) is 9. The lowest BCUT2D eigenvalue weighted by Gasteiger charge is -2.16. The second-order valence-electron chi connectivity index (χ2n) is 4.56. The van der Waals surface area contributed by atoms with E-state index in [2.05, 4.69) is 19.7 Å². The highest BCUT2D eigenvalue weighted by Crippen LogP contribution is 2.31. The molecule has 1 aliphatic heterocycles. The highest BCUT2D eigenvalue weighted by atomic mass is 16.6. The third-order valence-electron chi connectivity index (χ3n) is 3.33. The van der Waals surface area contributed by atoms with Crippen LogP contribution in [-0.2, 0) is 14.3 Å². The number of fused-ring (bicyclic) bond motifs is 1. The van der Waals surface area contributed by atoms with Crippen molar-refractivity contribution in [3.63, 3.8) is 0 Å². The average Bonchev–Trinajstić information content (AvgIpc) is 3.02. The summed E-state index contributed by atoms with van der Waals surface area (Å²) in [6.45, 7) is 0.0817. The quantitative estimate of drug-likeness (QED) is 0.556. The molecule has 0 aliphatic carbocycles. The number of aliphatic hydroxyl groups is 2. The van der Waals surface area contributed by atoms with Crippen LogP contribution in [0.3, 0.4) is 0 Å². The van der Waals surface area contributed by atoms with Gasteiger partial charge in [-0.1, -0.05) is 0 Å². The van der Waals surface area contributed by atoms with E-state index >= 15 is 0 Å². The smallest absolute Gasteiger partial charge is 0.293 e. The Hall–Kier alpha value is -2.30. The summed E-state index contributed by atoms with van der Waals surface area (Å²) in [4.78, 5) is 22.1. The summed E-state index contributed by atoms with van der Waals surface area (Å²) in [6.07, 6.45) is -1.53. The van der Waals surface area contributed by atoms with Gasteiger partial charge in [0.05, 0.1) is 6.33 Å². The van der Waals surface area contributed by atoms with Crippen LogP contribution >= 0.6 is 0 Å². The third-order valence-corrected chi connectivity index (χ3v) is 3.33. The molecule has 4 atom stereocenters. The predicted octanol–water partition coefficient (Wildman–Crippen LogP) is -1.80. The monoisotopic (exact) mass is 295 g/mol. The van der Waals surface area contributed by atoms with Gasteiger partial charge in [-0.2, -0.15) is 0 Å². The number of carbonyl (C=O) groups is 1. The molecule has 1 fully saturated rings. The average molecular weight is 295 g/mol. The number of carbonyl (C=O) groups excluding carboxylic acids is 1. The van der Waals surface area contributed by atoms with Crippen LogP contribution in [-0.4, -0.2) is 61.1 Å². The van der Waals surface area contributed by atoms with Gasteiger partial charge < -0.3 is 25.4 Å². The molecule has 10 nitrogen and oxygen atoms in total. The van der Waals surface area contributed by atoms with Gasteiger partial charge in [-0.3, -0.25) is 9.36 Å². The molecule has 3 heterocycles. The first-order valence-corrected chi connectivity index (χ1v) is 6.13. The zero-order valence-corrected chi connectivity index (χ0v) is 10.7. The number of nitrogens with zero attached hydrogens (tertiary/aromatic N) is 4. The summed E-state index contributed by atoms with van der Waals surface area (Å²) >= 11 is 0. The number of rotatable bonds is 4. The van der Waals surface area contributed by atoms with E-state index < -0.39 is 24.5 Å². The molecule has 0 amide bonds. The number of aromatic nitrogens is 4. The van der Waals surface area contributed by atoms with Crippen molar-refractivity contribution in [3.05, 3.63) is 12.7 Å². The van der Waals surface area contributed by atoms with Gasteiger partial charge in [0.25, 0.3) is 6.47 Å². The minimum Gasteiger partial charge on any atom is -0.465 e. The first kappa shape index (κ1) is 13.7. The Bertz CT molecular complexity index is 661. The highest BCUT2D eigenvalue weighted by Gasteiger charge is 2.44. The van der Waals surface area contributed by atoms with Crippen LogP contribution in [0.4, 0.5) is 5.82 Å². The van der Waals surface area contributed by atoms with Crippen molar-refractivity contribution in [3.8, 4) is 0 Å². The standard InChI is InChI=1S/C11H13N5O5/c12-9-6-10(14-2-13-9)16(3-15-6)11-8(19)7(18)5(21-11)1-20-4-17/h2-5,7-8,11,18-19H,1H2,(H2,12,13,14)/t5-,7-,8+,11-/m1/s1. The Kier molecular flexibility index (Phi) is 3.41. The van der Waals surface area contributed by atoms with Crippen molar-refractivity contribution < 1.29 is 24.5 Å². The molecule has 4 N–H and O–H groups in total. The maximum atomic E-state index is 10.2. The Balaban J connectivity index is 1.92. The summed E-state index contributed by atoms with van der Waals surface area (Å²) in [5.74, 6) is 0.202. The first-order valence-electron chi connectivity index (χ1n) is 6.13. The van der Waals surface area contributed by atoms with Gasteiger partial charge in [0.2, 0.25) is 0 Å². The second-order valence-corrected chi connectivity index (χ2v) is 4.56. The van der Waals surface area contributed by atoms with E-state index in [1.165, 1.54) is 17.2 Å². The molecule has 1 saturated heterocycles. The molecule has 0 bridgehead atoms. The van der Waals surface area contributed by atoms with Gasteiger partial charge in [0.1, 0.15) is 36.8 Å². The Morgan fingerprint density at radius 2 is 2.19 bits per heavy atom. The second kappa shape index (κ2) is 5.24. The van der Waals surface area contributed by atoms with Crippen LogP contribution in [0.25, 0.3) is 11.2 Å². The van der Waals surface area contributed by atoms with E-state index in [1.807, 2.05) is 0 Å². The largest absolute Gasteiger partial charge is 0.465 e. The van der Waals surface area contributed by atoms with Gasteiger partial charge in [0, 0.05) is 0 Å². The molecule has 2 aromatic rings. The fourth-order valence-corrected chi connectivity index (χ4v) is 2.29. The fourth-order valence-electron chi connectivity index (χ4n) is 2.29. The van der Waals surface area contributed by atoms with Gasteiger partial charge in [-0.25, -0.2) is 15.0 Å². The van der Waals surface area contributed by atoms with Crippen molar-refractivity contribution in [2.75, 3.05) is 12.3 Å². The molecular weight excluding hydrogens is 282 g/mol. The van der Waals surface area contributed by atoms with Crippen LogP contribution in [0.15, 0.2) is 12.7 Å². The minimum absolute atomic E-state index is 0.165. The van der Waals surface area contributed by atoms with Crippen molar-refractivity contribution >= 4 is 23.5 Å². The molecule has 3 rings (SSSR count). The highest BCUT2D eigenvalue weighted by molar-refractivity contribution is 5.81. The van der Waals surface area contributed by atoms with Crippen LogP contribution in [0.1, 0.15) is 6.23 Å². The number of imidazole rings is 1. The lowest BCUT2D eigenvalue weighted by atomic mass is 10.1. The fraction of sp³-hybridized carbons (Fsp3) is 0.455. The normalized spacial score (nSPS) is 28.9. The number of hydrogen-bond donors (Lipinski definition) is 3. The number of anilines is 1. The zero-order chi connectivity index (χ0) is 15.0. The zero-order valence-electron chi connectivity index (χ0n) is 10.7.